The molecule has 2 aromatic rings. The average Bonchev–Trinajstić information content (AvgIpc) is 3.08. The van der Waals surface area contributed by atoms with E-state index in [4.69, 9.17) is 0 Å². The van der Waals surface area contributed by atoms with E-state index in [-0.39, 0.29) is 0 Å². The molecule has 98 valence electrons. The van der Waals surface area contributed by atoms with Crippen LogP contribution in [0.2, 0.25) is 0 Å². The number of aryl methyl sites for hydroxylation is 1. The van der Waals surface area contributed by atoms with Crippen molar-refractivity contribution in [1.29, 1.82) is 0 Å². The Kier molecular flexibility index (Phi) is 3.20. The Morgan fingerprint density at radius 3 is 2.68 bits per heavy atom. The Bertz CT molecular complexity index is 595. The SMILES string of the molecule is Cc1ccccc1-c1nn(C2CCCC2)cc1C=O. The van der Waals surface area contributed by atoms with Gasteiger partial charge in [-0.25, -0.2) is 0 Å². The molecule has 1 heterocycles. The average molecular weight is 254 g/mol. The van der Waals surface area contributed by atoms with Crippen LogP contribution in [0.25, 0.3) is 11.3 Å². The van der Waals surface area contributed by atoms with E-state index in [0.29, 0.717) is 11.6 Å². The van der Waals surface area contributed by atoms with Gasteiger partial charge in [-0.3, -0.25) is 9.48 Å². The number of hydrogen-bond donors (Lipinski definition) is 0. The first-order chi connectivity index (χ1) is 9.29. The minimum Gasteiger partial charge on any atom is -0.298 e. The van der Waals surface area contributed by atoms with Crippen molar-refractivity contribution in [1.82, 2.24) is 9.78 Å². The molecule has 0 aliphatic heterocycles. The van der Waals surface area contributed by atoms with Crippen LogP contribution in [0.1, 0.15) is 47.6 Å². The van der Waals surface area contributed by atoms with Gasteiger partial charge in [0, 0.05) is 11.8 Å². The number of carbonyl (C=O) groups is 1. The van der Waals surface area contributed by atoms with E-state index in [0.717, 1.165) is 23.1 Å². The molecule has 3 rings (SSSR count). The number of aldehydes is 1. The van der Waals surface area contributed by atoms with Crippen LogP contribution in [-0.2, 0) is 0 Å². The maximum Gasteiger partial charge on any atom is 0.153 e. The van der Waals surface area contributed by atoms with Crippen molar-refractivity contribution in [3.05, 3.63) is 41.6 Å². The Morgan fingerprint density at radius 2 is 2.00 bits per heavy atom. The van der Waals surface area contributed by atoms with E-state index in [2.05, 4.69) is 18.1 Å². The molecule has 19 heavy (non-hydrogen) atoms. The number of carbonyl (C=O) groups excluding carboxylic acids is 1. The van der Waals surface area contributed by atoms with Gasteiger partial charge >= 0.3 is 0 Å². The Balaban J connectivity index is 2.05. The second-order valence-corrected chi connectivity index (χ2v) is 5.28. The summed E-state index contributed by atoms with van der Waals surface area (Å²) < 4.78 is 2.00. The lowest BCUT2D eigenvalue weighted by atomic mass is 10.0. The summed E-state index contributed by atoms with van der Waals surface area (Å²) in [6, 6.07) is 8.55. The van der Waals surface area contributed by atoms with Gasteiger partial charge in [0.1, 0.15) is 5.69 Å². The molecular formula is C16H18N2O. The van der Waals surface area contributed by atoms with Crippen molar-refractivity contribution in [3.8, 4) is 11.3 Å². The molecule has 1 fully saturated rings. The number of rotatable bonds is 3. The van der Waals surface area contributed by atoms with Crippen molar-refractivity contribution in [2.75, 3.05) is 0 Å². The van der Waals surface area contributed by atoms with E-state index in [1.807, 2.05) is 29.1 Å². The maximum atomic E-state index is 11.3. The third kappa shape index (κ3) is 2.21. The van der Waals surface area contributed by atoms with Gasteiger partial charge in [-0.1, -0.05) is 37.1 Å². The van der Waals surface area contributed by atoms with Crippen molar-refractivity contribution in [2.45, 2.75) is 38.6 Å². The number of benzene rings is 1. The van der Waals surface area contributed by atoms with E-state index < -0.39 is 0 Å². The third-order valence-electron chi connectivity index (χ3n) is 3.99. The molecule has 1 aromatic carbocycles. The predicted octanol–water partition coefficient (Wildman–Crippen LogP) is 3.79. The molecule has 1 aromatic heterocycles. The molecular weight excluding hydrogens is 236 g/mol. The van der Waals surface area contributed by atoms with Crippen molar-refractivity contribution >= 4 is 6.29 Å². The topological polar surface area (TPSA) is 34.9 Å². The molecule has 3 nitrogen and oxygen atoms in total. The maximum absolute atomic E-state index is 11.3. The van der Waals surface area contributed by atoms with Crippen LogP contribution in [0.4, 0.5) is 0 Å². The van der Waals surface area contributed by atoms with Crippen molar-refractivity contribution in [3.63, 3.8) is 0 Å². The highest BCUT2D eigenvalue weighted by atomic mass is 16.1. The minimum absolute atomic E-state index is 0.469. The fourth-order valence-corrected chi connectivity index (χ4v) is 2.90. The Hall–Kier alpha value is -1.90. The molecule has 0 amide bonds. The highest BCUT2D eigenvalue weighted by Crippen LogP contribution is 2.31. The van der Waals surface area contributed by atoms with Crippen LogP contribution in [0, 0.1) is 6.92 Å². The van der Waals surface area contributed by atoms with Crippen LogP contribution in [0.3, 0.4) is 0 Å². The second kappa shape index (κ2) is 5.00. The van der Waals surface area contributed by atoms with Gasteiger partial charge < -0.3 is 0 Å². The summed E-state index contributed by atoms with van der Waals surface area (Å²) in [7, 11) is 0. The standard InChI is InChI=1S/C16H18N2O/c1-12-6-2-5-9-15(12)16-13(11-19)10-18(17-16)14-7-3-4-8-14/h2,5-6,9-11,14H,3-4,7-8H2,1H3. The van der Waals surface area contributed by atoms with Gasteiger partial charge in [0.25, 0.3) is 0 Å². The van der Waals surface area contributed by atoms with Crippen LogP contribution < -0.4 is 0 Å². The Labute approximate surface area is 113 Å². The normalized spacial score (nSPS) is 15.8. The molecule has 0 atom stereocenters. The fraction of sp³-hybridized carbons (Fsp3) is 0.375. The van der Waals surface area contributed by atoms with Gasteiger partial charge in [0.15, 0.2) is 6.29 Å². The summed E-state index contributed by atoms with van der Waals surface area (Å²) in [5.74, 6) is 0. The predicted molar refractivity (Wildman–Crippen MR) is 75.3 cm³/mol. The lowest BCUT2D eigenvalue weighted by Crippen LogP contribution is -2.05. The molecule has 1 aliphatic carbocycles. The van der Waals surface area contributed by atoms with Crippen LogP contribution in [-0.4, -0.2) is 16.1 Å². The first-order valence-corrected chi connectivity index (χ1v) is 6.90. The van der Waals surface area contributed by atoms with Crippen molar-refractivity contribution < 1.29 is 4.79 Å². The molecule has 0 radical (unpaired) electrons. The zero-order chi connectivity index (χ0) is 13.2. The zero-order valence-electron chi connectivity index (χ0n) is 11.2. The van der Waals surface area contributed by atoms with E-state index >= 15 is 0 Å². The highest BCUT2D eigenvalue weighted by Gasteiger charge is 2.20. The molecule has 3 heteroatoms. The third-order valence-corrected chi connectivity index (χ3v) is 3.99. The number of hydrogen-bond acceptors (Lipinski definition) is 2. The van der Waals surface area contributed by atoms with Crippen LogP contribution in [0.15, 0.2) is 30.5 Å². The molecule has 0 unspecified atom stereocenters. The summed E-state index contributed by atoms with van der Waals surface area (Å²) in [6.45, 7) is 2.05. The molecule has 1 saturated carbocycles. The highest BCUT2D eigenvalue weighted by molar-refractivity contribution is 5.86. The van der Waals surface area contributed by atoms with E-state index in [1.165, 1.54) is 25.7 Å². The first kappa shape index (κ1) is 12.2. The second-order valence-electron chi connectivity index (χ2n) is 5.28. The molecule has 0 bridgehead atoms. The number of nitrogens with zero attached hydrogens (tertiary/aromatic N) is 2. The quantitative estimate of drug-likeness (QED) is 0.781. The summed E-state index contributed by atoms with van der Waals surface area (Å²) in [5.41, 5.74) is 3.73. The van der Waals surface area contributed by atoms with Gasteiger partial charge in [0.05, 0.1) is 11.6 Å². The zero-order valence-corrected chi connectivity index (χ0v) is 11.2. The fourth-order valence-electron chi connectivity index (χ4n) is 2.90. The van der Waals surface area contributed by atoms with Crippen LogP contribution >= 0.6 is 0 Å². The molecule has 0 saturated heterocycles. The summed E-state index contributed by atoms with van der Waals surface area (Å²) >= 11 is 0. The summed E-state index contributed by atoms with van der Waals surface area (Å²) in [4.78, 5) is 11.3. The van der Waals surface area contributed by atoms with Gasteiger partial charge in [-0.15, -0.1) is 0 Å². The number of aromatic nitrogens is 2. The van der Waals surface area contributed by atoms with E-state index in [1.54, 1.807) is 0 Å². The Morgan fingerprint density at radius 1 is 1.26 bits per heavy atom. The monoisotopic (exact) mass is 254 g/mol. The van der Waals surface area contributed by atoms with Gasteiger partial charge in [0.2, 0.25) is 0 Å². The largest absolute Gasteiger partial charge is 0.298 e. The summed E-state index contributed by atoms with van der Waals surface area (Å²) in [6.07, 6.45) is 7.70. The van der Waals surface area contributed by atoms with Crippen LogP contribution in [0.5, 0.6) is 0 Å². The lowest BCUT2D eigenvalue weighted by molar-refractivity contribution is 0.112. The van der Waals surface area contributed by atoms with Gasteiger partial charge in [-0.05, 0) is 25.3 Å². The smallest absolute Gasteiger partial charge is 0.153 e. The molecule has 0 N–H and O–H groups in total. The molecule has 1 aliphatic rings. The van der Waals surface area contributed by atoms with E-state index in [9.17, 15) is 4.79 Å². The summed E-state index contributed by atoms with van der Waals surface area (Å²) in [5, 5.41) is 4.68. The van der Waals surface area contributed by atoms with Crippen molar-refractivity contribution in [2.24, 2.45) is 0 Å². The lowest BCUT2D eigenvalue weighted by Gasteiger charge is -2.09. The minimum atomic E-state index is 0.469. The van der Waals surface area contributed by atoms with Gasteiger partial charge in [-0.2, -0.15) is 5.10 Å². The molecule has 0 spiro atoms. The first-order valence-electron chi connectivity index (χ1n) is 6.90.